The van der Waals surface area contributed by atoms with Crippen molar-refractivity contribution in [3.8, 4) is 0 Å². The van der Waals surface area contributed by atoms with E-state index in [0.29, 0.717) is 5.41 Å². The van der Waals surface area contributed by atoms with E-state index < -0.39 is 0 Å². The molecule has 1 heteroatoms. The van der Waals surface area contributed by atoms with E-state index in [-0.39, 0.29) is 0 Å². The zero-order chi connectivity index (χ0) is 8.48. The maximum atomic E-state index is 2.61. The van der Waals surface area contributed by atoms with Gasteiger partial charge in [-0.1, -0.05) is 27.7 Å². The van der Waals surface area contributed by atoms with Crippen LogP contribution in [0.5, 0.6) is 0 Å². The fraction of sp³-hybridized carbons (Fsp3) is 1.00. The summed E-state index contributed by atoms with van der Waals surface area (Å²) in [6.45, 7) is 11.8. The summed E-state index contributed by atoms with van der Waals surface area (Å²) in [4.78, 5) is 2.61. The van der Waals surface area contributed by atoms with Crippen molar-refractivity contribution in [2.75, 3.05) is 13.1 Å². The first-order valence-corrected chi connectivity index (χ1v) is 4.83. The van der Waals surface area contributed by atoms with Gasteiger partial charge in [-0.3, -0.25) is 0 Å². The predicted molar refractivity (Wildman–Crippen MR) is 49.7 cm³/mol. The molecule has 0 aromatic carbocycles. The standard InChI is InChI=1S/C10H21N/c1-5-9-7-10(3,4)8-11(9)6-2/h9H,5-8H2,1-4H3. The number of hydrogen-bond donors (Lipinski definition) is 0. The Bertz CT molecular complexity index is 115. The van der Waals surface area contributed by atoms with Crippen LogP contribution in [0.3, 0.4) is 0 Å². The minimum atomic E-state index is 0.566. The predicted octanol–water partition coefficient (Wildman–Crippen LogP) is 2.52. The molecule has 1 heterocycles. The van der Waals surface area contributed by atoms with Crippen LogP contribution in [-0.2, 0) is 0 Å². The second kappa shape index (κ2) is 3.14. The van der Waals surface area contributed by atoms with Gasteiger partial charge in [-0.05, 0) is 24.8 Å². The fourth-order valence-corrected chi connectivity index (χ4v) is 2.28. The van der Waals surface area contributed by atoms with Gasteiger partial charge < -0.3 is 4.90 Å². The Morgan fingerprint density at radius 3 is 2.36 bits per heavy atom. The topological polar surface area (TPSA) is 3.24 Å². The molecule has 0 bridgehead atoms. The molecule has 0 aromatic heterocycles. The number of nitrogens with zero attached hydrogens (tertiary/aromatic N) is 1. The zero-order valence-corrected chi connectivity index (χ0v) is 8.35. The van der Waals surface area contributed by atoms with Crippen LogP contribution in [-0.4, -0.2) is 24.0 Å². The lowest BCUT2D eigenvalue weighted by Crippen LogP contribution is -2.29. The van der Waals surface area contributed by atoms with E-state index >= 15 is 0 Å². The van der Waals surface area contributed by atoms with Gasteiger partial charge in [0.1, 0.15) is 0 Å². The summed E-state index contributed by atoms with van der Waals surface area (Å²) in [5, 5.41) is 0. The maximum absolute atomic E-state index is 2.61. The van der Waals surface area contributed by atoms with Crippen molar-refractivity contribution < 1.29 is 0 Å². The SMILES string of the molecule is CCC1CC(C)(C)CN1CC. The van der Waals surface area contributed by atoms with Crippen molar-refractivity contribution in [3.05, 3.63) is 0 Å². The van der Waals surface area contributed by atoms with E-state index in [1.54, 1.807) is 0 Å². The first-order valence-electron chi connectivity index (χ1n) is 4.83. The molecule has 1 saturated heterocycles. The van der Waals surface area contributed by atoms with Gasteiger partial charge in [0.2, 0.25) is 0 Å². The molecule has 1 atom stereocenters. The second-order valence-electron chi connectivity index (χ2n) is 4.49. The molecule has 66 valence electrons. The van der Waals surface area contributed by atoms with E-state index in [1.807, 2.05) is 0 Å². The van der Waals surface area contributed by atoms with Crippen molar-refractivity contribution in [1.29, 1.82) is 0 Å². The van der Waals surface area contributed by atoms with E-state index in [4.69, 9.17) is 0 Å². The first-order chi connectivity index (χ1) is 5.09. The lowest BCUT2D eigenvalue weighted by Gasteiger charge is -2.21. The molecule has 0 amide bonds. The molecule has 1 aliphatic rings. The van der Waals surface area contributed by atoms with E-state index in [2.05, 4.69) is 32.6 Å². The van der Waals surface area contributed by atoms with Crippen LogP contribution in [0.2, 0.25) is 0 Å². The fourth-order valence-electron chi connectivity index (χ4n) is 2.28. The summed E-state index contributed by atoms with van der Waals surface area (Å²) in [6, 6.07) is 0.856. The Balaban J connectivity index is 2.55. The highest BCUT2D eigenvalue weighted by atomic mass is 15.2. The third-order valence-electron chi connectivity index (χ3n) is 2.81. The Labute approximate surface area is 70.8 Å². The molecule has 0 aromatic rings. The summed E-state index contributed by atoms with van der Waals surface area (Å²) >= 11 is 0. The van der Waals surface area contributed by atoms with E-state index in [1.165, 1.54) is 25.9 Å². The van der Waals surface area contributed by atoms with Crippen LogP contribution in [0.25, 0.3) is 0 Å². The highest BCUT2D eigenvalue weighted by Gasteiger charge is 2.34. The average molecular weight is 155 g/mol. The van der Waals surface area contributed by atoms with Gasteiger partial charge in [-0.15, -0.1) is 0 Å². The van der Waals surface area contributed by atoms with Crippen molar-refractivity contribution in [2.24, 2.45) is 5.41 Å². The van der Waals surface area contributed by atoms with Crippen molar-refractivity contribution in [2.45, 2.75) is 46.6 Å². The molecule has 11 heavy (non-hydrogen) atoms. The molecule has 0 aliphatic carbocycles. The number of rotatable bonds is 2. The Morgan fingerprint density at radius 2 is 2.00 bits per heavy atom. The quantitative estimate of drug-likeness (QED) is 0.592. The normalized spacial score (nSPS) is 31.1. The van der Waals surface area contributed by atoms with Gasteiger partial charge in [0.15, 0.2) is 0 Å². The lowest BCUT2D eigenvalue weighted by molar-refractivity contribution is 0.250. The minimum Gasteiger partial charge on any atom is -0.300 e. The number of likely N-dealkylation sites (tertiary alicyclic amines) is 1. The molecule has 1 rings (SSSR count). The van der Waals surface area contributed by atoms with Crippen molar-refractivity contribution in [3.63, 3.8) is 0 Å². The Hall–Kier alpha value is -0.0400. The highest BCUT2D eigenvalue weighted by molar-refractivity contribution is 4.89. The molecule has 0 N–H and O–H groups in total. The highest BCUT2D eigenvalue weighted by Crippen LogP contribution is 2.34. The Morgan fingerprint density at radius 1 is 1.36 bits per heavy atom. The van der Waals surface area contributed by atoms with Gasteiger partial charge in [0, 0.05) is 12.6 Å². The summed E-state index contributed by atoms with van der Waals surface area (Å²) < 4.78 is 0. The second-order valence-corrected chi connectivity index (χ2v) is 4.49. The van der Waals surface area contributed by atoms with Gasteiger partial charge in [-0.25, -0.2) is 0 Å². The number of hydrogen-bond acceptors (Lipinski definition) is 1. The third-order valence-corrected chi connectivity index (χ3v) is 2.81. The van der Waals surface area contributed by atoms with Crippen LogP contribution in [0.15, 0.2) is 0 Å². The van der Waals surface area contributed by atoms with Gasteiger partial charge in [0.05, 0.1) is 0 Å². The Kier molecular flexibility index (Phi) is 2.58. The minimum absolute atomic E-state index is 0.566. The van der Waals surface area contributed by atoms with Crippen molar-refractivity contribution >= 4 is 0 Å². The molecule has 0 spiro atoms. The summed E-state index contributed by atoms with van der Waals surface area (Å²) in [6.07, 6.45) is 2.70. The molecule has 0 saturated carbocycles. The first kappa shape index (κ1) is 9.05. The maximum Gasteiger partial charge on any atom is 0.00983 e. The summed E-state index contributed by atoms with van der Waals surface area (Å²) in [5.74, 6) is 0. The van der Waals surface area contributed by atoms with Crippen molar-refractivity contribution in [1.82, 2.24) is 4.90 Å². The van der Waals surface area contributed by atoms with Gasteiger partial charge >= 0.3 is 0 Å². The molecule has 1 aliphatic heterocycles. The average Bonchev–Trinajstić information content (AvgIpc) is 2.25. The lowest BCUT2D eigenvalue weighted by atomic mass is 9.90. The monoisotopic (exact) mass is 155 g/mol. The van der Waals surface area contributed by atoms with Gasteiger partial charge in [0.25, 0.3) is 0 Å². The largest absolute Gasteiger partial charge is 0.300 e. The molecule has 1 nitrogen and oxygen atoms in total. The molecule has 0 radical (unpaired) electrons. The molecule has 1 fully saturated rings. The summed E-state index contributed by atoms with van der Waals surface area (Å²) in [7, 11) is 0. The van der Waals surface area contributed by atoms with Crippen LogP contribution in [0.4, 0.5) is 0 Å². The van der Waals surface area contributed by atoms with E-state index in [9.17, 15) is 0 Å². The molecular formula is C10H21N. The molecular weight excluding hydrogens is 134 g/mol. The molecule has 1 unspecified atom stereocenters. The van der Waals surface area contributed by atoms with Crippen LogP contribution >= 0.6 is 0 Å². The van der Waals surface area contributed by atoms with Crippen LogP contribution in [0, 0.1) is 5.41 Å². The van der Waals surface area contributed by atoms with Gasteiger partial charge in [-0.2, -0.15) is 0 Å². The smallest absolute Gasteiger partial charge is 0.00983 e. The zero-order valence-electron chi connectivity index (χ0n) is 8.35. The van der Waals surface area contributed by atoms with E-state index in [0.717, 1.165) is 6.04 Å². The van der Waals surface area contributed by atoms with Crippen LogP contribution < -0.4 is 0 Å². The summed E-state index contributed by atoms with van der Waals surface area (Å²) in [5.41, 5.74) is 0.566. The van der Waals surface area contributed by atoms with Crippen LogP contribution in [0.1, 0.15) is 40.5 Å². The third kappa shape index (κ3) is 1.96.